The summed E-state index contributed by atoms with van der Waals surface area (Å²) in [4.78, 5) is 67.6. The number of benzene rings is 2. The first-order valence-electron chi connectivity index (χ1n) is 24.7. The van der Waals surface area contributed by atoms with Crippen molar-refractivity contribution in [3.05, 3.63) is 72.7 Å². The Labute approximate surface area is 436 Å². The van der Waals surface area contributed by atoms with E-state index in [0.29, 0.717) is 89.0 Å². The number of carbonyl (C=O) groups is 5. The number of carbonyl (C=O) groups excluding carboxylic acids is 5. The SMILES string of the molecule is C=CC(=O)Nc1cccc(Nc2nc(Nc3ccc(OCCOCCNC(=O)CCCC(=O)N(N)CCCOCCOCCOCCCNC(=O)CCCC[C@@H]4SC[C@@H]5NC(=O)N[C@@H]54)c(F)c3)ncc2C(F)(F)F)c1. The Morgan fingerprint density at radius 2 is 1.48 bits per heavy atom. The van der Waals surface area contributed by atoms with Crippen molar-refractivity contribution in [2.24, 2.45) is 5.84 Å². The van der Waals surface area contributed by atoms with E-state index in [4.69, 9.17) is 29.5 Å². The first kappa shape index (κ1) is 59.6. The van der Waals surface area contributed by atoms with Gasteiger partial charge in [0.1, 0.15) is 18.0 Å². The Kier molecular flexibility index (Phi) is 25.6. The standard InChI is InChI=1S/C49H67F4N11O10S/c1-2-41(65)58-33-9-5-10-34(29-33)59-46-36(49(51,52)53)31-57-47(63-46)60-35-15-16-39(37(50)30-35)74-28-27-72-22-18-56-43(67)13-6-14-44(68)64(54)19-8-21-71-24-26-73-25-23-70-20-7-17-55-42(66)12-4-3-11-40-45-38(32-75-40)61-48(69)62-45/h2,5,9-10,15-16,29-31,38,40,45H,1,3-4,6-8,11-14,17-28,32,54H2,(H,55,66)(H,56,67)(H,58,65)(H2,61,62,69)(H2,57,59,60,63)/t38-,40-,45-/m0/s1. The summed E-state index contributed by atoms with van der Waals surface area (Å²) >= 11 is 1.88. The number of rotatable bonds is 36. The highest BCUT2D eigenvalue weighted by Gasteiger charge is 2.42. The summed E-state index contributed by atoms with van der Waals surface area (Å²) in [5.74, 6) is 4.05. The predicted molar refractivity (Wildman–Crippen MR) is 273 cm³/mol. The number of amides is 6. The van der Waals surface area contributed by atoms with Gasteiger partial charge in [0, 0.05) is 92.4 Å². The second-order valence-corrected chi connectivity index (χ2v) is 18.4. The number of alkyl halides is 3. The number of aromatic nitrogens is 2. The number of hydrogen-bond donors (Lipinski definition) is 8. The zero-order valence-corrected chi connectivity index (χ0v) is 42.4. The Morgan fingerprint density at radius 1 is 0.800 bits per heavy atom. The van der Waals surface area contributed by atoms with Gasteiger partial charge in [0.2, 0.25) is 29.6 Å². The molecule has 3 atom stereocenters. The third-order valence-corrected chi connectivity index (χ3v) is 12.8. The highest BCUT2D eigenvalue weighted by molar-refractivity contribution is 8.00. The fourth-order valence-electron chi connectivity index (χ4n) is 7.55. The fraction of sp³-hybridized carbons (Fsp3) is 0.531. The maximum absolute atomic E-state index is 14.9. The van der Waals surface area contributed by atoms with Crippen LogP contribution in [0.3, 0.4) is 0 Å². The van der Waals surface area contributed by atoms with Crippen molar-refractivity contribution >= 4 is 70.3 Å². The number of hydrogen-bond acceptors (Lipinski definition) is 16. The molecule has 21 nitrogen and oxygen atoms in total. The van der Waals surface area contributed by atoms with E-state index >= 15 is 0 Å². The fourth-order valence-corrected chi connectivity index (χ4v) is 9.09. The summed E-state index contributed by atoms with van der Waals surface area (Å²) in [6.07, 6.45) is 1.80. The number of urea groups is 1. The molecule has 3 aromatic rings. The molecule has 2 fully saturated rings. The molecule has 412 valence electrons. The number of halogens is 4. The lowest BCUT2D eigenvalue weighted by molar-refractivity contribution is -0.137. The molecule has 75 heavy (non-hydrogen) atoms. The molecule has 3 heterocycles. The van der Waals surface area contributed by atoms with Crippen LogP contribution in [0.2, 0.25) is 0 Å². The van der Waals surface area contributed by atoms with Crippen molar-refractivity contribution in [3.63, 3.8) is 0 Å². The minimum absolute atomic E-state index is 0.0273. The summed E-state index contributed by atoms with van der Waals surface area (Å²) in [6, 6.07) is 10.1. The summed E-state index contributed by atoms with van der Waals surface area (Å²) in [5, 5.41) is 20.9. The van der Waals surface area contributed by atoms with Crippen molar-refractivity contribution < 1.29 is 65.2 Å². The molecule has 0 spiro atoms. The number of nitrogens with one attached hydrogen (secondary N) is 7. The maximum atomic E-state index is 14.9. The third kappa shape index (κ3) is 22.2. The number of anilines is 5. The van der Waals surface area contributed by atoms with Crippen molar-refractivity contribution in [1.29, 1.82) is 0 Å². The van der Waals surface area contributed by atoms with Gasteiger partial charge in [-0.15, -0.1) is 0 Å². The van der Waals surface area contributed by atoms with Crippen LogP contribution >= 0.6 is 11.8 Å². The second kappa shape index (κ2) is 32.2. The van der Waals surface area contributed by atoms with Crippen LogP contribution in [-0.2, 0) is 44.3 Å². The topological polar surface area (TPSA) is 271 Å². The average molecular weight is 1080 g/mol. The highest BCUT2D eigenvalue weighted by atomic mass is 32.2. The van der Waals surface area contributed by atoms with E-state index in [0.717, 1.165) is 42.2 Å². The average Bonchev–Trinajstić information content (AvgIpc) is 3.94. The van der Waals surface area contributed by atoms with E-state index in [1.165, 1.54) is 36.4 Å². The van der Waals surface area contributed by atoms with Crippen LogP contribution in [0.4, 0.5) is 51.2 Å². The smallest absolute Gasteiger partial charge is 0.421 e. The highest BCUT2D eigenvalue weighted by Crippen LogP contribution is 2.36. The molecule has 9 N–H and O–H groups in total. The first-order chi connectivity index (χ1) is 36.2. The van der Waals surface area contributed by atoms with Crippen LogP contribution in [0, 0.1) is 5.82 Å². The van der Waals surface area contributed by atoms with Gasteiger partial charge in [-0.1, -0.05) is 19.1 Å². The number of ether oxygens (including phenoxy) is 5. The normalized spacial score (nSPS) is 15.8. The molecule has 6 amide bonds. The molecule has 0 radical (unpaired) electrons. The molecule has 2 aromatic carbocycles. The minimum Gasteiger partial charge on any atom is -0.488 e. The predicted octanol–water partition coefficient (Wildman–Crippen LogP) is 5.30. The molecular formula is C49H67F4N11O10S. The Hall–Kier alpha value is -6.32. The summed E-state index contributed by atoms with van der Waals surface area (Å²) in [7, 11) is 0. The molecule has 5 rings (SSSR count). The quantitative estimate of drug-likeness (QED) is 0.00698. The number of nitrogens with two attached hydrogens (primary N) is 1. The van der Waals surface area contributed by atoms with Crippen molar-refractivity contribution in [2.75, 3.05) is 101 Å². The summed E-state index contributed by atoms with van der Waals surface area (Å²) in [6.45, 7) is 7.08. The molecule has 2 aliphatic rings. The van der Waals surface area contributed by atoms with Gasteiger partial charge in [-0.2, -0.15) is 29.9 Å². The maximum Gasteiger partial charge on any atom is 0.421 e. The van der Waals surface area contributed by atoms with E-state index in [2.05, 4.69) is 53.8 Å². The monoisotopic (exact) mass is 1080 g/mol. The van der Waals surface area contributed by atoms with Gasteiger partial charge in [0.25, 0.3) is 0 Å². The number of hydrazine groups is 1. The number of unbranched alkanes of at least 4 members (excludes halogenated alkanes) is 1. The molecule has 0 aliphatic carbocycles. The Morgan fingerprint density at radius 3 is 2.23 bits per heavy atom. The zero-order valence-electron chi connectivity index (χ0n) is 41.6. The second-order valence-electron chi connectivity index (χ2n) is 17.1. The van der Waals surface area contributed by atoms with Crippen LogP contribution in [0.25, 0.3) is 0 Å². The van der Waals surface area contributed by atoms with E-state index in [1.54, 1.807) is 0 Å². The van der Waals surface area contributed by atoms with Crippen LogP contribution in [0.5, 0.6) is 5.75 Å². The van der Waals surface area contributed by atoms with Crippen LogP contribution in [0.15, 0.2) is 61.3 Å². The van der Waals surface area contributed by atoms with Crippen LogP contribution in [-0.4, -0.2) is 147 Å². The first-order valence-corrected chi connectivity index (χ1v) is 25.8. The van der Waals surface area contributed by atoms with E-state index in [9.17, 15) is 41.5 Å². The Bertz CT molecular complexity index is 2320. The van der Waals surface area contributed by atoms with Gasteiger partial charge < -0.3 is 60.9 Å². The molecule has 0 unspecified atom stereocenters. The molecular weight excluding hydrogens is 1010 g/mol. The lowest BCUT2D eigenvalue weighted by atomic mass is 10.0. The molecule has 0 bridgehead atoms. The molecule has 0 saturated carbocycles. The molecule has 26 heteroatoms. The van der Waals surface area contributed by atoms with E-state index in [-0.39, 0.29) is 105 Å². The summed E-state index contributed by atoms with van der Waals surface area (Å²) < 4.78 is 83.9. The number of nitrogens with zero attached hydrogens (tertiary/aromatic N) is 3. The summed E-state index contributed by atoms with van der Waals surface area (Å²) in [5.41, 5.74) is -0.539. The van der Waals surface area contributed by atoms with Crippen molar-refractivity contribution in [2.45, 2.75) is 81.3 Å². The Balaban J connectivity index is 0.803. The number of thioether (sulfide) groups is 1. The molecule has 2 saturated heterocycles. The van der Waals surface area contributed by atoms with E-state index < -0.39 is 29.3 Å². The van der Waals surface area contributed by atoms with Gasteiger partial charge in [0.15, 0.2) is 11.6 Å². The van der Waals surface area contributed by atoms with Crippen molar-refractivity contribution in [1.82, 2.24) is 36.2 Å². The van der Waals surface area contributed by atoms with Gasteiger partial charge in [0.05, 0.1) is 51.7 Å². The minimum atomic E-state index is -4.81. The van der Waals surface area contributed by atoms with Crippen LogP contribution in [0.1, 0.15) is 63.4 Å². The van der Waals surface area contributed by atoms with Gasteiger partial charge >= 0.3 is 12.2 Å². The van der Waals surface area contributed by atoms with E-state index in [1.807, 2.05) is 11.8 Å². The largest absolute Gasteiger partial charge is 0.488 e. The third-order valence-electron chi connectivity index (χ3n) is 11.3. The molecule has 2 aliphatic heterocycles. The zero-order chi connectivity index (χ0) is 53.8. The van der Waals surface area contributed by atoms with Gasteiger partial charge in [-0.3, -0.25) is 24.2 Å². The number of fused-ring (bicyclic) bond motifs is 1. The lowest BCUT2D eigenvalue weighted by Crippen LogP contribution is -2.38. The van der Waals surface area contributed by atoms with Gasteiger partial charge in [-0.25, -0.2) is 20.0 Å². The molecule has 1 aromatic heterocycles. The van der Waals surface area contributed by atoms with Gasteiger partial charge in [-0.05, 0) is 68.5 Å². The van der Waals surface area contributed by atoms with Crippen molar-refractivity contribution in [3.8, 4) is 5.75 Å². The van der Waals surface area contributed by atoms with Crippen LogP contribution < -0.4 is 47.8 Å². The lowest BCUT2D eigenvalue weighted by Gasteiger charge is -2.16.